The van der Waals surface area contributed by atoms with Crippen molar-refractivity contribution in [2.24, 2.45) is 0 Å². The van der Waals surface area contributed by atoms with Crippen molar-refractivity contribution in [3.8, 4) is 0 Å². The monoisotopic (exact) mass is 389 g/mol. The number of ether oxygens (including phenoxy) is 1. The molecule has 0 fully saturated rings. The average molecular weight is 389 g/mol. The van der Waals surface area contributed by atoms with Gasteiger partial charge in [-0.1, -0.05) is 57.1 Å². The number of ketones is 1. The molecule has 0 aliphatic carbocycles. The van der Waals surface area contributed by atoms with E-state index in [1.807, 2.05) is 0 Å². The fraction of sp³-hybridized carbons (Fsp3) is 0.556. The highest BCUT2D eigenvalue weighted by Crippen LogP contribution is 2.50. The van der Waals surface area contributed by atoms with Crippen LogP contribution in [0, 0.1) is 0 Å². The van der Waals surface area contributed by atoms with Gasteiger partial charge in [0, 0.05) is 12.2 Å². The second kappa shape index (κ2) is 8.70. The summed E-state index contributed by atoms with van der Waals surface area (Å²) in [6.07, 6.45) is -5.12. The van der Waals surface area contributed by atoms with Crippen molar-refractivity contribution in [2.45, 2.75) is 50.1 Å². The Balaban J connectivity index is 3.58. The van der Waals surface area contributed by atoms with Gasteiger partial charge in [-0.25, -0.2) is 0 Å². The molecule has 1 rings (SSSR count). The smallest absolute Gasteiger partial charge is 0.450 e. The van der Waals surface area contributed by atoms with Gasteiger partial charge in [-0.3, -0.25) is 9.59 Å². The largest absolute Gasteiger partial charge is 0.468 e. The van der Waals surface area contributed by atoms with Crippen LogP contribution in [0.25, 0.3) is 0 Å². The Morgan fingerprint density at radius 2 is 1.54 bits per heavy atom. The minimum absolute atomic E-state index is 0.368. The summed E-state index contributed by atoms with van der Waals surface area (Å²) >= 11 is 0. The molecule has 0 aromatic heterocycles. The molecular weight excluding hydrogens is 363 g/mol. The van der Waals surface area contributed by atoms with Crippen molar-refractivity contribution in [3.63, 3.8) is 0 Å². The lowest BCUT2D eigenvalue weighted by atomic mass is 10.0. The molecule has 0 amide bonds. The van der Waals surface area contributed by atoms with Crippen LogP contribution >= 0.6 is 0 Å². The summed E-state index contributed by atoms with van der Waals surface area (Å²) < 4.78 is 45.4. The van der Waals surface area contributed by atoms with Crippen molar-refractivity contribution in [3.05, 3.63) is 30.3 Å². The zero-order chi connectivity index (χ0) is 20.0. The third-order valence-corrected chi connectivity index (χ3v) is 11.9. The number of anilines is 1. The minimum Gasteiger partial charge on any atom is -0.468 e. The lowest BCUT2D eigenvalue weighted by Gasteiger charge is -2.45. The summed E-state index contributed by atoms with van der Waals surface area (Å²) in [5, 5.41) is 0.647. The molecule has 0 aliphatic heterocycles. The van der Waals surface area contributed by atoms with Crippen LogP contribution in [0.4, 0.5) is 18.9 Å². The van der Waals surface area contributed by atoms with E-state index in [9.17, 15) is 22.8 Å². The molecule has 0 aliphatic rings. The van der Waals surface area contributed by atoms with Gasteiger partial charge >= 0.3 is 12.1 Å². The molecule has 1 N–H and O–H groups in total. The first kappa shape index (κ1) is 22.2. The molecule has 0 saturated carbocycles. The number of benzene rings is 1. The normalized spacial score (nSPS) is 14.4. The zero-order valence-electron chi connectivity index (χ0n) is 15.6. The Morgan fingerprint density at radius 3 is 1.92 bits per heavy atom. The first-order valence-electron chi connectivity index (χ1n) is 8.64. The molecule has 4 nitrogen and oxygen atoms in total. The standard InChI is InChI=1S/C18H26F3NO3Si/c1-5-26(6-2,7-3)17(16(24)25-4,15(23)18(19,20)21)13-22-14-11-9-8-10-12-14/h8-12,22H,5-7,13H2,1-4H3. The van der Waals surface area contributed by atoms with E-state index in [0.29, 0.717) is 23.8 Å². The number of nitrogens with one attached hydrogen (secondary N) is 1. The van der Waals surface area contributed by atoms with Crippen molar-refractivity contribution in [1.82, 2.24) is 0 Å². The average Bonchev–Trinajstić information content (AvgIpc) is 2.64. The molecule has 0 spiro atoms. The highest BCUT2D eigenvalue weighted by atomic mass is 28.3. The topological polar surface area (TPSA) is 55.4 Å². The maximum absolute atomic E-state index is 13.5. The third-order valence-electron chi connectivity index (χ3n) is 5.45. The van der Waals surface area contributed by atoms with Gasteiger partial charge < -0.3 is 10.1 Å². The van der Waals surface area contributed by atoms with Gasteiger partial charge in [-0.15, -0.1) is 0 Å². The number of hydrogen-bond donors (Lipinski definition) is 1. The van der Waals surface area contributed by atoms with E-state index in [4.69, 9.17) is 4.74 Å². The first-order chi connectivity index (χ1) is 12.1. The second-order valence-corrected chi connectivity index (χ2v) is 11.8. The van der Waals surface area contributed by atoms with Crippen LogP contribution in [-0.2, 0) is 14.3 Å². The Labute approximate surface area is 153 Å². The van der Waals surface area contributed by atoms with Gasteiger partial charge in [0.15, 0.2) is 0 Å². The second-order valence-electron chi connectivity index (χ2n) is 6.28. The van der Waals surface area contributed by atoms with E-state index < -0.39 is 37.6 Å². The minimum atomic E-state index is -5.12. The van der Waals surface area contributed by atoms with E-state index in [2.05, 4.69) is 5.32 Å². The van der Waals surface area contributed by atoms with Gasteiger partial charge in [-0.2, -0.15) is 13.2 Å². The van der Waals surface area contributed by atoms with E-state index in [0.717, 1.165) is 7.11 Å². The number of hydrogen-bond acceptors (Lipinski definition) is 4. The van der Waals surface area contributed by atoms with Crippen LogP contribution in [0.5, 0.6) is 0 Å². The van der Waals surface area contributed by atoms with Crippen molar-refractivity contribution in [2.75, 3.05) is 19.0 Å². The number of alkyl halides is 3. The molecular formula is C18H26F3NO3Si. The van der Waals surface area contributed by atoms with E-state index in [1.165, 1.54) is 0 Å². The Bertz CT molecular complexity index is 610. The van der Waals surface area contributed by atoms with Gasteiger partial charge in [0.05, 0.1) is 15.2 Å². The van der Waals surface area contributed by atoms with E-state index >= 15 is 0 Å². The molecule has 1 atom stereocenters. The Morgan fingerprint density at radius 1 is 1.04 bits per heavy atom. The molecule has 1 unspecified atom stereocenters. The van der Waals surface area contributed by atoms with E-state index in [-0.39, 0.29) is 0 Å². The molecule has 0 saturated heterocycles. The van der Waals surface area contributed by atoms with Gasteiger partial charge in [0.2, 0.25) is 0 Å². The number of esters is 1. The van der Waals surface area contributed by atoms with Crippen LogP contribution in [0.3, 0.4) is 0 Å². The van der Waals surface area contributed by atoms with Crippen LogP contribution in [0.1, 0.15) is 20.8 Å². The molecule has 0 heterocycles. The molecule has 26 heavy (non-hydrogen) atoms. The quantitative estimate of drug-likeness (QED) is 0.379. The summed E-state index contributed by atoms with van der Waals surface area (Å²) in [5.41, 5.74) is 0.543. The number of carbonyl (C=O) groups excluding carboxylic acids is 2. The van der Waals surface area contributed by atoms with Crippen LogP contribution in [0.15, 0.2) is 30.3 Å². The number of para-hydroxylation sites is 1. The number of halogens is 3. The van der Waals surface area contributed by atoms with Gasteiger partial charge in [0.25, 0.3) is 5.78 Å². The number of rotatable bonds is 9. The summed E-state index contributed by atoms with van der Waals surface area (Å²) in [7, 11) is -1.98. The third kappa shape index (κ3) is 3.95. The molecule has 8 heteroatoms. The fourth-order valence-electron chi connectivity index (χ4n) is 3.75. The Kier molecular flexibility index (Phi) is 7.43. The molecule has 1 aromatic carbocycles. The molecule has 146 valence electrons. The molecule has 1 aromatic rings. The lowest BCUT2D eigenvalue weighted by molar-refractivity contribution is -0.179. The van der Waals surface area contributed by atoms with Crippen LogP contribution < -0.4 is 5.32 Å². The van der Waals surface area contributed by atoms with Crippen LogP contribution in [-0.4, -0.2) is 39.7 Å². The summed E-state index contributed by atoms with van der Waals surface area (Å²) in [6.45, 7) is 4.83. The maximum atomic E-state index is 13.5. The summed E-state index contributed by atoms with van der Waals surface area (Å²) in [4.78, 5) is 25.3. The first-order valence-corrected chi connectivity index (χ1v) is 11.3. The summed E-state index contributed by atoms with van der Waals surface area (Å²) in [5.74, 6) is -3.10. The number of carbonyl (C=O) groups is 2. The predicted octanol–water partition coefficient (Wildman–Crippen LogP) is 4.65. The Hall–Kier alpha value is -1.83. The maximum Gasteiger partial charge on any atom is 0.450 e. The SMILES string of the molecule is CC[Si](CC)(CC)C(CNc1ccccc1)(C(=O)OC)C(=O)C(F)(F)F. The fourth-order valence-corrected chi connectivity index (χ4v) is 8.68. The van der Waals surface area contributed by atoms with Crippen molar-refractivity contribution in [1.29, 1.82) is 0 Å². The number of methoxy groups -OCH3 is 1. The zero-order valence-corrected chi connectivity index (χ0v) is 16.6. The van der Waals surface area contributed by atoms with Gasteiger partial charge in [0.1, 0.15) is 5.04 Å². The lowest BCUT2D eigenvalue weighted by Crippen LogP contribution is -2.61. The molecule has 0 bridgehead atoms. The van der Waals surface area contributed by atoms with Crippen molar-refractivity contribution < 1.29 is 27.5 Å². The van der Waals surface area contributed by atoms with Crippen molar-refractivity contribution >= 4 is 25.5 Å². The highest BCUT2D eigenvalue weighted by Gasteiger charge is 2.67. The highest BCUT2D eigenvalue weighted by molar-refractivity contribution is 6.89. The van der Waals surface area contributed by atoms with E-state index in [1.54, 1.807) is 51.1 Å². The van der Waals surface area contributed by atoms with Crippen LogP contribution in [0.2, 0.25) is 23.2 Å². The van der Waals surface area contributed by atoms with Gasteiger partial charge in [-0.05, 0) is 12.1 Å². The number of Topliss-reactive ketones (excluding diaryl/α,β-unsaturated/α-hetero) is 1. The predicted molar refractivity (Wildman–Crippen MR) is 97.9 cm³/mol. The molecule has 0 radical (unpaired) electrons. The summed E-state index contributed by atoms with van der Waals surface area (Å²) in [6, 6.07) is 9.66.